The van der Waals surface area contributed by atoms with E-state index in [2.05, 4.69) is 16.0 Å². The minimum absolute atomic E-state index is 0.414. The Labute approximate surface area is 100 Å². The number of nitrogens with zero attached hydrogens (tertiary/aromatic N) is 1. The number of imidazole rings is 1. The van der Waals surface area contributed by atoms with Gasteiger partial charge in [-0.2, -0.15) is 0 Å². The van der Waals surface area contributed by atoms with E-state index in [9.17, 15) is 0 Å². The van der Waals surface area contributed by atoms with E-state index < -0.39 is 0 Å². The molecule has 4 nitrogen and oxygen atoms in total. The summed E-state index contributed by atoms with van der Waals surface area (Å²) in [5.41, 5.74) is 8.86. The average molecular weight is 231 g/mol. The van der Waals surface area contributed by atoms with Gasteiger partial charge in [-0.3, -0.25) is 0 Å². The number of hydrogen-bond donors (Lipinski definition) is 2. The fourth-order valence-corrected chi connectivity index (χ4v) is 2.35. The van der Waals surface area contributed by atoms with Gasteiger partial charge in [0, 0.05) is 19.1 Å². The maximum absolute atomic E-state index is 5.64. The summed E-state index contributed by atoms with van der Waals surface area (Å²) in [7, 11) is 0. The smallest absolute Gasteiger partial charge is 0.112 e. The van der Waals surface area contributed by atoms with Gasteiger partial charge < -0.3 is 15.5 Å². The fourth-order valence-electron chi connectivity index (χ4n) is 2.35. The predicted octanol–water partition coefficient (Wildman–Crippen LogP) is 1.92. The SMILES string of the molecule is NCc1ccc2nc(C3CCCOC3)[nH]c2c1. The Balaban J connectivity index is 1.95. The number of aromatic amines is 1. The van der Waals surface area contributed by atoms with Gasteiger partial charge in [-0.15, -0.1) is 0 Å². The van der Waals surface area contributed by atoms with Crippen molar-refractivity contribution < 1.29 is 4.74 Å². The molecular weight excluding hydrogens is 214 g/mol. The van der Waals surface area contributed by atoms with Crippen LogP contribution in [0.2, 0.25) is 0 Å². The lowest BCUT2D eigenvalue weighted by Gasteiger charge is -2.19. The van der Waals surface area contributed by atoms with Gasteiger partial charge in [0.1, 0.15) is 5.82 Å². The summed E-state index contributed by atoms with van der Waals surface area (Å²) in [6.45, 7) is 2.23. The lowest BCUT2D eigenvalue weighted by molar-refractivity contribution is 0.0784. The van der Waals surface area contributed by atoms with Gasteiger partial charge in [-0.05, 0) is 30.5 Å². The summed E-state index contributed by atoms with van der Waals surface area (Å²) in [6, 6.07) is 6.14. The van der Waals surface area contributed by atoms with Crippen molar-refractivity contribution in [2.24, 2.45) is 5.73 Å². The van der Waals surface area contributed by atoms with Crippen molar-refractivity contribution in [3.05, 3.63) is 29.6 Å². The molecular formula is C13H17N3O. The lowest BCUT2D eigenvalue weighted by atomic mass is 10.0. The number of aromatic nitrogens is 2. The molecule has 3 rings (SSSR count). The Morgan fingerprint density at radius 3 is 3.18 bits per heavy atom. The topological polar surface area (TPSA) is 63.9 Å². The Kier molecular flexibility index (Phi) is 2.82. The molecule has 0 amide bonds. The van der Waals surface area contributed by atoms with Crippen LogP contribution >= 0.6 is 0 Å². The first-order valence-electron chi connectivity index (χ1n) is 6.13. The Morgan fingerprint density at radius 1 is 1.47 bits per heavy atom. The summed E-state index contributed by atoms with van der Waals surface area (Å²) < 4.78 is 5.50. The molecule has 1 aliphatic rings. The van der Waals surface area contributed by atoms with E-state index in [1.807, 2.05) is 12.1 Å². The Bertz CT molecular complexity index is 514. The van der Waals surface area contributed by atoms with E-state index in [0.717, 1.165) is 48.5 Å². The van der Waals surface area contributed by atoms with Crippen LogP contribution in [0.25, 0.3) is 11.0 Å². The van der Waals surface area contributed by atoms with Gasteiger partial charge in [0.2, 0.25) is 0 Å². The van der Waals surface area contributed by atoms with Crippen molar-refractivity contribution in [2.75, 3.05) is 13.2 Å². The molecule has 17 heavy (non-hydrogen) atoms. The minimum Gasteiger partial charge on any atom is -0.381 e. The van der Waals surface area contributed by atoms with Gasteiger partial charge in [0.25, 0.3) is 0 Å². The Hall–Kier alpha value is -1.39. The van der Waals surface area contributed by atoms with Gasteiger partial charge >= 0.3 is 0 Å². The van der Waals surface area contributed by atoms with Crippen molar-refractivity contribution in [3.63, 3.8) is 0 Å². The number of ether oxygens (including phenoxy) is 1. The molecule has 2 aromatic rings. The zero-order valence-corrected chi connectivity index (χ0v) is 9.78. The van der Waals surface area contributed by atoms with E-state index in [1.54, 1.807) is 0 Å². The molecule has 1 aromatic heterocycles. The molecule has 90 valence electrons. The molecule has 0 spiro atoms. The molecule has 2 heterocycles. The molecule has 0 radical (unpaired) electrons. The number of H-pyrrole nitrogens is 1. The summed E-state index contributed by atoms with van der Waals surface area (Å²) in [5.74, 6) is 1.46. The predicted molar refractivity (Wildman–Crippen MR) is 66.8 cm³/mol. The van der Waals surface area contributed by atoms with Crippen molar-refractivity contribution >= 4 is 11.0 Å². The average Bonchev–Trinajstić information content (AvgIpc) is 2.82. The third-order valence-electron chi connectivity index (χ3n) is 3.35. The molecule has 0 bridgehead atoms. The highest BCUT2D eigenvalue weighted by Crippen LogP contribution is 2.25. The van der Waals surface area contributed by atoms with Crippen LogP contribution in [0.3, 0.4) is 0 Å². The zero-order valence-electron chi connectivity index (χ0n) is 9.78. The Morgan fingerprint density at radius 2 is 2.41 bits per heavy atom. The molecule has 4 heteroatoms. The molecule has 1 fully saturated rings. The van der Waals surface area contributed by atoms with E-state index in [0.29, 0.717) is 12.5 Å². The second kappa shape index (κ2) is 4.47. The third kappa shape index (κ3) is 2.06. The quantitative estimate of drug-likeness (QED) is 0.830. The van der Waals surface area contributed by atoms with Crippen molar-refractivity contribution in [1.29, 1.82) is 0 Å². The molecule has 0 saturated carbocycles. The molecule has 3 N–H and O–H groups in total. The van der Waals surface area contributed by atoms with E-state index in [1.165, 1.54) is 0 Å². The minimum atomic E-state index is 0.414. The number of fused-ring (bicyclic) bond motifs is 1. The highest BCUT2D eigenvalue weighted by atomic mass is 16.5. The summed E-state index contributed by atoms with van der Waals surface area (Å²) >= 11 is 0. The highest BCUT2D eigenvalue weighted by molar-refractivity contribution is 5.76. The van der Waals surface area contributed by atoms with Gasteiger partial charge in [-0.25, -0.2) is 4.98 Å². The number of nitrogens with two attached hydrogens (primary N) is 1. The van der Waals surface area contributed by atoms with Crippen LogP contribution in [0.1, 0.15) is 30.1 Å². The lowest BCUT2D eigenvalue weighted by Crippen LogP contribution is -2.16. The van der Waals surface area contributed by atoms with Gasteiger partial charge in [0.15, 0.2) is 0 Å². The molecule has 1 unspecified atom stereocenters. The largest absolute Gasteiger partial charge is 0.381 e. The van der Waals surface area contributed by atoms with E-state index in [-0.39, 0.29) is 0 Å². The second-order valence-electron chi connectivity index (χ2n) is 4.59. The first-order chi connectivity index (χ1) is 8.36. The van der Waals surface area contributed by atoms with Crippen LogP contribution in [0.15, 0.2) is 18.2 Å². The van der Waals surface area contributed by atoms with Crippen molar-refractivity contribution in [3.8, 4) is 0 Å². The first-order valence-corrected chi connectivity index (χ1v) is 6.13. The molecule has 1 aliphatic heterocycles. The van der Waals surface area contributed by atoms with Crippen molar-refractivity contribution in [2.45, 2.75) is 25.3 Å². The van der Waals surface area contributed by atoms with Crippen LogP contribution in [0.5, 0.6) is 0 Å². The van der Waals surface area contributed by atoms with Crippen LogP contribution in [-0.2, 0) is 11.3 Å². The van der Waals surface area contributed by atoms with Crippen LogP contribution in [0, 0.1) is 0 Å². The summed E-state index contributed by atoms with van der Waals surface area (Å²) in [6.07, 6.45) is 2.28. The normalized spacial score (nSPS) is 20.9. The monoisotopic (exact) mass is 231 g/mol. The van der Waals surface area contributed by atoms with E-state index in [4.69, 9.17) is 10.5 Å². The number of rotatable bonds is 2. The zero-order chi connectivity index (χ0) is 11.7. The van der Waals surface area contributed by atoms with Gasteiger partial charge in [0.05, 0.1) is 17.6 Å². The van der Waals surface area contributed by atoms with Crippen LogP contribution in [-0.4, -0.2) is 23.2 Å². The molecule has 0 aliphatic carbocycles. The summed E-state index contributed by atoms with van der Waals surface area (Å²) in [5, 5.41) is 0. The molecule has 1 aromatic carbocycles. The number of benzene rings is 1. The van der Waals surface area contributed by atoms with Crippen LogP contribution in [0.4, 0.5) is 0 Å². The number of nitrogens with one attached hydrogen (secondary N) is 1. The van der Waals surface area contributed by atoms with Gasteiger partial charge in [-0.1, -0.05) is 6.07 Å². The maximum Gasteiger partial charge on any atom is 0.112 e. The molecule has 1 saturated heterocycles. The van der Waals surface area contributed by atoms with Crippen molar-refractivity contribution in [1.82, 2.24) is 9.97 Å². The van der Waals surface area contributed by atoms with E-state index >= 15 is 0 Å². The highest BCUT2D eigenvalue weighted by Gasteiger charge is 2.19. The fraction of sp³-hybridized carbons (Fsp3) is 0.462. The second-order valence-corrected chi connectivity index (χ2v) is 4.59. The number of hydrogen-bond acceptors (Lipinski definition) is 3. The third-order valence-corrected chi connectivity index (χ3v) is 3.35. The van der Waals surface area contributed by atoms with Crippen LogP contribution < -0.4 is 5.73 Å². The standard InChI is InChI=1S/C13H17N3O/c14-7-9-3-4-11-12(6-9)16-13(15-11)10-2-1-5-17-8-10/h3-4,6,10H,1-2,5,7-8,14H2,(H,15,16). The summed E-state index contributed by atoms with van der Waals surface area (Å²) in [4.78, 5) is 8.03. The first kappa shape index (κ1) is 10.7. The maximum atomic E-state index is 5.64. The molecule has 1 atom stereocenters.